The third-order valence-corrected chi connectivity index (χ3v) is 4.94. The number of nitrogens with one attached hydrogen (secondary N) is 1. The second kappa shape index (κ2) is 5.92. The van der Waals surface area contributed by atoms with Gasteiger partial charge in [-0.15, -0.1) is 0 Å². The molecule has 2 saturated carbocycles. The molecule has 0 aromatic heterocycles. The molecule has 0 saturated heterocycles. The minimum absolute atomic E-state index is 0.427. The summed E-state index contributed by atoms with van der Waals surface area (Å²) >= 11 is 0. The smallest absolute Gasteiger partial charge is 0.0730 e. The van der Waals surface area contributed by atoms with Crippen molar-refractivity contribution in [2.24, 2.45) is 17.3 Å². The highest BCUT2D eigenvalue weighted by atomic mass is 16.5. The van der Waals surface area contributed by atoms with Gasteiger partial charge in [-0.2, -0.15) is 0 Å². The fourth-order valence-corrected chi connectivity index (χ4v) is 3.22. The van der Waals surface area contributed by atoms with Gasteiger partial charge in [-0.25, -0.2) is 0 Å². The zero-order valence-electron chi connectivity index (χ0n) is 12.7. The maximum Gasteiger partial charge on any atom is 0.0730 e. The molecule has 0 radical (unpaired) electrons. The highest BCUT2D eigenvalue weighted by Crippen LogP contribution is 2.39. The van der Waals surface area contributed by atoms with Crippen LogP contribution >= 0.6 is 0 Å². The number of rotatable bonds is 5. The van der Waals surface area contributed by atoms with E-state index in [4.69, 9.17) is 4.74 Å². The Morgan fingerprint density at radius 1 is 1.11 bits per heavy atom. The van der Waals surface area contributed by atoms with Crippen molar-refractivity contribution in [3.05, 3.63) is 0 Å². The summed E-state index contributed by atoms with van der Waals surface area (Å²) in [4.78, 5) is 0. The average Bonchev–Trinajstić information content (AvgIpc) is 3.12. The number of ether oxygens (including phenoxy) is 1. The lowest BCUT2D eigenvalue weighted by Gasteiger charge is -2.41. The molecule has 0 bridgehead atoms. The molecule has 18 heavy (non-hydrogen) atoms. The van der Waals surface area contributed by atoms with Gasteiger partial charge in [-0.05, 0) is 50.0 Å². The second-order valence-electron chi connectivity index (χ2n) is 7.41. The van der Waals surface area contributed by atoms with Crippen LogP contribution in [0.5, 0.6) is 0 Å². The van der Waals surface area contributed by atoms with Gasteiger partial charge in [0, 0.05) is 12.6 Å². The number of hydrogen-bond donors (Lipinski definition) is 1. The fraction of sp³-hybridized carbons (Fsp3) is 1.00. The lowest BCUT2D eigenvalue weighted by Crippen LogP contribution is -2.46. The highest BCUT2D eigenvalue weighted by Gasteiger charge is 2.36. The van der Waals surface area contributed by atoms with Gasteiger partial charge in [0.15, 0.2) is 0 Å². The molecule has 2 aliphatic carbocycles. The molecule has 0 aliphatic heterocycles. The molecule has 0 spiro atoms. The van der Waals surface area contributed by atoms with E-state index in [1.165, 1.54) is 38.5 Å². The molecule has 0 aromatic rings. The van der Waals surface area contributed by atoms with E-state index in [1.807, 2.05) is 0 Å². The molecule has 106 valence electrons. The first kappa shape index (κ1) is 14.3. The molecule has 0 amide bonds. The molecule has 2 rings (SSSR count). The van der Waals surface area contributed by atoms with Crippen LogP contribution in [0.15, 0.2) is 0 Å². The molecule has 3 unspecified atom stereocenters. The summed E-state index contributed by atoms with van der Waals surface area (Å²) in [6.45, 7) is 8.10. The molecule has 3 atom stereocenters. The standard InChI is InChI=1S/C16H31NO/c1-16(2,3)13-7-8-14(17-4)15(11-13)18-10-9-12-5-6-12/h12-15,17H,5-11H2,1-4H3. The van der Waals surface area contributed by atoms with Gasteiger partial charge in [0.2, 0.25) is 0 Å². The molecule has 0 heterocycles. The maximum atomic E-state index is 6.20. The normalized spacial score (nSPS) is 33.7. The van der Waals surface area contributed by atoms with Gasteiger partial charge in [-0.3, -0.25) is 0 Å². The molecule has 2 aliphatic rings. The van der Waals surface area contributed by atoms with E-state index in [0.717, 1.165) is 18.4 Å². The maximum absolute atomic E-state index is 6.20. The molecular formula is C16H31NO. The van der Waals surface area contributed by atoms with Crippen LogP contribution in [0.4, 0.5) is 0 Å². The van der Waals surface area contributed by atoms with Crippen molar-refractivity contribution in [1.29, 1.82) is 0 Å². The Bertz CT molecular complexity index is 254. The quantitative estimate of drug-likeness (QED) is 0.808. The predicted octanol–water partition coefficient (Wildman–Crippen LogP) is 3.61. The summed E-state index contributed by atoms with van der Waals surface area (Å²) in [6.07, 6.45) is 8.45. The van der Waals surface area contributed by atoms with Crippen LogP contribution in [0, 0.1) is 17.3 Å². The first-order chi connectivity index (χ1) is 8.50. The van der Waals surface area contributed by atoms with E-state index in [0.29, 0.717) is 17.6 Å². The first-order valence-electron chi connectivity index (χ1n) is 7.79. The lowest BCUT2D eigenvalue weighted by atomic mass is 9.70. The summed E-state index contributed by atoms with van der Waals surface area (Å²) in [7, 11) is 2.08. The van der Waals surface area contributed by atoms with E-state index >= 15 is 0 Å². The fourth-order valence-electron chi connectivity index (χ4n) is 3.22. The molecule has 2 heteroatoms. The molecule has 0 aromatic carbocycles. The topological polar surface area (TPSA) is 21.3 Å². The van der Waals surface area contributed by atoms with E-state index in [9.17, 15) is 0 Å². The van der Waals surface area contributed by atoms with Crippen LogP contribution in [0.25, 0.3) is 0 Å². The summed E-state index contributed by atoms with van der Waals surface area (Å²) in [5.74, 6) is 1.80. The Kier molecular flexibility index (Phi) is 4.71. The minimum atomic E-state index is 0.427. The third-order valence-electron chi connectivity index (χ3n) is 4.94. The monoisotopic (exact) mass is 253 g/mol. The van der Waals surface area contributed by atoms with Crippen LogP contribution in [0.1, 0.15) is 59.3 Å². The summed E-state index contributed by atoms with van der Waals surface area (Å²) in [5.41, 5.74) is 0.427. The number of hydrogen-bond acceptors (Lipinski definition) is 2. The van der Waals surface area contributed by atoms with Gasteiger partial charge in [0.1, 0.15) is 0 Å². The van der Waals surface area contributed by atoms with Crippen molar-refractivity contribution >= 4 is 0 Å². The Morgan fingerprint density at radius 2 is 1.83 bits per heavy atom. The van der Waals surface area contributed by atoms with Crippen molar-refractivity contribution in [3.63, 3.8) is 0 Å². The van der Waals surface area contributed by atoms with Crippen molar-refractivity contribution in [2.75, 3.05) is 13.7 Å². The van der Waals surface area contributed by atoms with E-state index < -0.39 is 0 Å². The van der Waals surface area contributed by atoms with Gasteiger partial charge in [0.05, 0.1) is 6.10 Å². The van der Waals surface area contributed by atoms with Gasteiger partial charge in [-0.1, -0.05) is 33.6 Å². The van der Waals surface area contributed by atoms with Crippen molar-refractivity contribution < 1.29 is 4.74 Å². The largest absolute Gasteiger partial charge is 0.377 e. The Labute approximate surface area is 113 Å². The summed E-state index contributed by atoms with van der Waals surface area (Å²) < 4.78 is 6.20. The van der Waals surface area contributed by atoms with Crippen LogP contribution < -0.4 is 5.32 Å². The Hall–Kier alpha value is -0.0800. The zero-order chi connectivity index (χ0) is 13.2. The van der Waals surface area contributed by atoms with Crippen molar-refractivity contribution in [2.45, 2.75) is 71.4 Å². The van der Waals surface area contributed by atoms with Crippen LogP contribution in [-0.2, 0) is 4.74 Å². The summed E-state index contributed by atoms with van der Waals surface area (Å²) in [5, 5.41) is 3.45. The Morgan fingerprint density at radius 3 is 2.39 bits per heavy atom. The van der Waals surface area contributed by atoms with Crippen LogP contribution in [0.2, 0.25) is 0 Å². The van der Waals surface area contributed by atoms with Crippen molar-refractivity contribution in [3.8, 4) is 0 Å². The van der Waals surface area contributed by atoms with Gasteiger partial charge < -0.3 is 10.1 Å². The minimum Gasteiger partial charge on any atom is -0.377 e. The van der Waals surface area contributed by atoms with Gasteiger partial charge >= 0.3 is 0 Å². The zero-order valence-corrected chi connectivity index (χ0v) is 12.7. The average molecular weight is 253 g/mol. The molecule has 2 fully saturated rings. The third kappa shape index (κ3) is 3.96. The molecule has 1 N–H and O–H groups in total. The molecular weight excluding hydrogens is 222 g/mol. The SMILES string of the molecule is CNC1CCC(C(C)(C)C)CC1OCCC1CC1. The first-order valence-corrected chi connectivity index (χ1v) is 7.79. The molecule has 2 nitrogen and oxygen atoms in total. The highest BCUT2D eigenvalue weighted by molar-refractivity contribution is 4.89. The predicted molar refractivity (Wildman–Crippen MR) is 76.7 cm³/mol. The van der Waals surface area contributed by atoms with Crippen LogP contribution in [-0.4, -0.2) is 25.8 Å². The van der Waals surface area contributed by atoms with E-state index in [1.54, 1.807) is 0 Å². The summed E-state index contributed by atoms with van der Waals surface area (Å²) in [6, 6.07) is 0.572. The number of likely N-dealkylation sites (N-methyl/N-ethyl adjacent to an activating group) is 1. The second-order valence-corrected chi connectivity index (χ2v) is 7.41. The van der Waals surface area contributed by atoms with Crippen molar-refractivity contribution in [1.82, 2.24) is 5.32 Å². The van der Waals surface area contributed by atoms with Crippen LogP contribution in [0.3, 0.4) is 0 Å². The van der Waals surface area contributed by atoms with E-state index in [2.05, 4.69) is 33.1 Å². The van der Waals surface area contributed by atoms with Gasteiger partial charge in [0.25, 0.3) is 0 Å². The van der Waals surface area contributed by atoms with E-state index in [-0.39, 0.29) is 0 Å². The Balaban J connectivity index is 1.81. The lowest BCUT2D eigenvalue weighted by molar-refractivity contribution is -0.0280.